The highest BCUT2D eigenvalue weighted by atomic mass is 16.5. The van der Waals surface area contributed by atoms with Crippen LogP contribution in [-0.2, 0) is 9.53 Å². The van der Waals surface area contributed by atoms with Crippen molar-refractivity contribution in [2.45, 2.75) is 51.3 Å². The van der Waals surface area contributed by atoms with Gasteiger partial charge in [-0.1, -0.05) is 17.3 Å². The lowest BCUT2D eigenvalue weighted by Crippen LogP contribution is -2.48. The van der Waals surface area contributed by atoms with Gasteiger partial charge in [0.1, 0.15) is 11.6 Å². The Morgan fingerprint density at radius 3 is 2.92 bits per heavy atom. The first-order valence-electron chi connectivity index (χ1n) is 8.16. The van der Waals surface area contributed by atoms with E-state index in [4.69, 9.17) is 4.74 Å². The van der Waals surface area contributed by atoms with Crippen LogP contribution in [-0.4, -0.2) is 39.2 Å². The molecule has 1 aliphatic heterocycles. The molecule has 0 radical (unpaired) electrons. The Labute approximate surface area is 140 Å². The molecule has 1 saturated heterocycles. The first kappa shape index (κ1) is 16.6. The van der Waals surface area contributed by atoms with Crippen LogP contribution in [0.4, 0.5) is 0 Å². The zero-order valence-corrected chi connectivity index (χ0v) is 14.2. The lowest BCUT2D eigenvalue weighted by atomic mass is 9.94. The molecule has 0 spiro atoms. The number of hydrogen-bond acceptors (Lipinski definition) is 5. The van der Waals surface area contributed by atoms with Gasteiger partial charge in [-0.05, 0) is 45.7 Å². The number of fused-ring (bicyclic) bond motifs is 1. The first-order valence-corrected chi connectivity index (χ1v) is 8.16. The monoisotopic (exact) mass is 330 g/mol. The fourth-order valence-corrected chi connectivity index (χ4v) is 3.04. The Balaban J connectivity index is 1.79. The molecular weight excluding hydrogens is 308 g/mol. The smallest absolute Gasteiger partial charge is 0.278 e. The maximum absolute atomic E-state index is 12.5. The summed E-state index contributed by atoms with van der Waals surface area (Å²) in [5, 5.41) is 11.4. The van der Waals surface area contributed by atoms with Gasteiger partial charge in [-0.3, -0.25) is 9.59 Å². The number of benzene rings is 1. The van der Waals surface area contributed by atoms with Crippen molar-refractivity contribution in [3.05, 3.63) is 34.6 Å². The zero-order valence-electron chi connectivity index (χ0n) is 14.2. The standard InChI is InChI=1S/C17H22N4O3/c1-11(15(22)18-12-8-9-24-17(2,3)10-12)21-16(23)13-6-4-5-7-14(13)19-20-21/h4-7,11-12H,8-10H2,1-3H3,(H,18,22)/t11-,12+/m0/s1. The van der Waals surface area contributed by atoms with Crippen LogP contribution in [0.1, 0.15) is 39.7 Å². The summed E-state index contributed by atoms with van der Waals surface area (Å²) in [6, 6.07) is 6.29. The maximum Gasteiger partial charge on any atom is 0.278 e. The van der Waals surface area contributed by atoms with E-state index in [-0.39, 0.29) is 23.1 Å². The quantitative estimate of drug-likeness (QED) is 0.920. The van der Waals surface area contributed by atoms with Crippen LogP contribution in [0.2, 0.25) is 0 Å². The van der Waals surface area contributed by atoms with E-state index in [2.05, 4.69) is 15.6 Å². The molecule has 2 atom stereocenters. The van der Waals surface area contributed by atoms with Crippen LogP contribution in [0.3, 0.4) is 0 Å². The second-order valence-corrected chi connectivity index (χ2v) is 6.84. The Kier molecular flexibility index (Phi) is 4.36. The summed E-state index contributed by atoms with van der Waals surface area (Å²) in [6.07, 6.45) is 1.50. The summed E-state index contributed by atoms with van der Waals surface area (Å²) in [4.78, 5) is 25.1. The van der Waals surface area contributed by atoms with E-state index in [0.29, 0.717) is 17.5 Å². The number of rotatable bonds is 3. The van der Waals surface area contributed by atoms with E-state index in [1.807, 2.05) is 13.8 Å². The predicted octanol–water partition coefficient (Wildman–Crippen LogP) is 1.43. The average molecular weight is 330 g/mol. The number of nitrogens with zero attached hydrogens (tertiary/aromatic N) is 3. The first-order chi connectivity index (χ1) is 11.4. The van der Waals surface area contributed by atoms with Gasteiger partial charge in [-0.25, -0.2) is 0 Å². The molecule has 7 nitrogen and oxygen atoms in total. The number of nitrogens with one attached hydrogen (secondary N) is 1. The number of hydrogen-bond donors (Lipinski definition) is 1. The third-order valence-electron chi connectivity index (χ3n) is 4.38. The lowest BCUT2D eigenvalue weighted by Gasteiger charge is -2.36. The molecule has 0 saturated carbocycles. The van der Waals surface area contributed by atoms with Gasteiger partial charge < -0.3 is 10.1 Å². The summed E-state index contributed by atoms with van der Waals surface area (Å²) in [7, 11) is 0. The van der Waals surface area contributed by atoms with Gasteiger partial charge in [-0.15, -0.1) is 5.10 Å². The van der Waals surface area contributed by atoms with E-state index in [1.54, 1.807) is 31.2 Å². The van der Waals surface area contributed by atoms with Crippen LogP contribution >= 0.6 is 0 Å². The molecule has 1 amide bonds. The molecule has 3 rings (SSSR count). The Morgan fingerprint density at radius 1 is 1.42 bits per heavy atom. The van der Waals surface area contributed by atoms with E-state index in [0.717, 1.165) is 17.5 Å². The van der Waals surface area contributed by atoms with Crippen LogP contribution < -0.4 is 10.9 Å². The van der Waals surface area contributed by atoms with Crippen LogP contribution in [0.25, 0.3) is 10.9 Å². The van der Waals surface area contributed by atoms with Crippen LogP contribution in [0.5, 0.6) is 0 Å². The summed E-state index contributed by atoms with van der Waals surface area (Å²) in [5.41, 5.74) is -0.0351. The zero-order chi connectivity index (χ0) is 17.3. The Bertz CT molecular complexity index is 815. The van der Waals surface area contributed by atoms with Crippen molar-refractivity contribution in [3.8, 4) is 0 Å². The maximum atomic E-state index is 12.5. The molecule has 7 heteroatoms. The fourth-order valence-electron chi connectivity index (χ4n) is 3.04. The van der Waals surface area contributed by atoms with Crippen LogP contribution in [0, 0.1) is 0 Å². The summed E-state index contributed by atoms with van der Waals surface area (Å²) in [6.45, 7) is 6.29. The molecular formula is C17H22N4O3. The highest BCUT2D eigenvalue weighted by Gasteiger charge is 2.31. The average Bonchev–Trinajstić information content (AvgIpc) is 2.54. The lowest BCUT2D eigenvalue weighted by molar-refractivity contribution is -0.127. The largest absolute Gasteiger partial charge is 0.375 e. The molecule has 0 unspecified atom stereocenters. The van der Waals surface area contributed by atoms with Gasteiger partial charge in [0.05, 0.1) is 11.0 Å². The number of aromatic nitrogens is 3. The molecule has 1 aromatic heterocycles. The molecule has 1 fully saturated rings. The van der Waals surface area contributed by atoms with Crippen molar-refractivity contribution >= 4 is 16.8 Å². The van der Waals surface area contributed by atoms with Crippen LogP contribution in [0.15, 0.2) is 29.1 Å². The minimum Gasteiger partial charge on any atom is -0.375 e. The number of carbonyl (C=O) groups is 1. The van der Waals surface area contributed by atoms with Gasteiger partial charge in [0.25, 0.3) is 5.56 Å². The van der Waals surface area contributed by atoms with E-state index >= 15 is 0 Å². The minimum atomic E-state index is -0.722. The van der Waals surface area contributed by atoms with Crippen molar-refractivity contribution in [1.82, 2.24) is 20.3 Å². The van der Waals surface area contributed by atoms with E-state index < -0.39 is 6.04 Å². The minimum absolute atomic E-state index is 0.0350. The summed E-state index contributed by atoms with van der Waals surface area (Å²) in [5.74, 6) is -0.232. The van der Waals surface area contributed by atoms with Gasteiger partial charge in [0.2, 0.25) is 5.91 Å². The molecule has 1 aliphatic rings. The molecule has 2 aromatic rings. The van der Waals surface area contributed by atoms with E-state index in [9.17, 15) is 9.59 Å². The second kappa shape index (κ2) is 6.32. The number of carbonyl (C=O) groups excluding carboxylic acids is 1. The molecule has 0 aliphatic carbocycles. The molecule has 24 heavy (non-hydrogen) atoms. The predicted molar refractivity (Wildman–Crippen MR) is 89.7 cm³/mol. The summed E-state index contributed by atoms with van der Waals surface area (Å²) >= 11 is 0. The van der Waals surface area contributed by atoms with Crippen molar-refractivity contribution in [1.29, 1.82) is 0 Å². The third kappa shape index (κ3) is 3.31. The molecule has 1 N–H and O–H groups in total. The molecule has 1 aromatic carbocycles. The van der Waals surface area contributed by atoms with Crippen molar-refractivity contribution in [3.63, 3.8) is 0 Å². The second-order valence-electron chi connectivity index (χ2n) is 6.84. The highest BCUT2D eigenvalue weighted by Crippen LogP contribution is 2.24. The number of amides is 1. The normalized spacial score (nSPS) is 21.4. The Morgan fingerprint density at radius 2 is 2.17 bits per heavy atom. The van der Waals surface area contributed by atoms with E-state index in [1.165, 1.54) is 0 Å². The number of ether oxygens (including phenoxy) is 1. The van der Waals surface area contributed by atoms with Crippen molar-refractivity contribution in [2.75, 3.05) is 6.61 Å². The third-order valence-corrected chi connectivity index (χ3v) is 4.38. The van der Waals surface area contributed by atoms with Crippen molar-refractivity contribution < 1.29 is 9.53 Å². The molecule has 2 heterocycles. The highest BCUT2D eigenvalue weighted by molar-refractivity contribution is 5.81. The fraction of sp³-hybridized carbons (Fsp3) is 0.529. The SMILES string of the molecule is C[C@@H](C(=O)N[C@@H]1CCOC(C)(C)C1)n1nnc2ccccc2c1=O. The van der Waals surface area contributed by atoms with Gasteiger partial charge >= 0.3 is 0 Å². The molecule has 0 bridgehead atoms. The summed E-state index contributed by atoms with van der Waals surface area (Å²) < 4.78 is 6.80. The van der Waals surface area contributed by atoms with Gasteiger partial charge in [0, 0.05) is 12.6 Å². The van der Waals surface area contributed by atoms with Gasteiger partial charge in [0.15, 0.2) is 0 Å². The van der Waals surface area contributed by atoms with Gasteiger partial charge in [-0.2, -0.15) is 4.68 Å². The van der Waals surface area contributed by atoms with Crippen molar-refractivity contribution in [2.24, 2.45) is 0 Å². The topological polar surface area (TPSA) is 86.1 Å². The molecule has 128 valence electrons. The Hall–Kier alpha value is -2.28.